The van der Waals surface area contributed by atoms with E-state index in [4.69, 9.17) is 0 Å². The van der Waals surface area contributed by atoms with Crippen LogP contribution in [0, 0.1) is 0 Å². The average molecular weight is 651 g/mol. The van der Waals surface area contributed by atoms with Crippen LogP contribution in [0.3, 0.4) is 0 Å². The summed E-state index contributed by atoms with van der Waals surface area (Å²) in [6.07, 6.45) is 0. The molecule has 48 heavy (non-hydrogen) atoms. The van der Waals surface area contributed by atoms with Crippen LogP contribution in [0.5, 0.6) is 0 Å². The van der Waals surface area contributed by atoms with Crippen molar-refractivity contribution < 1.29 is 19.8 Å². The maximum absolute atomic E-state index is 12.4. The van der Waals surface area contributed by atoms with Gasteiger partial charge in [-0.15, -0.1) is 0 Å². The van der Waals surface area contributed by atoms with Crippen molar-refractivity contribution >= 4 is 46.1 Å². The number of carboxylic acids is 2. The fourth-order valence-corrected chi connectivity index (χ4v) is 5.60. The third kappa shape index (κ3) is 8.48. The topological polar surface area (TPSA) is 123 Å². The molecule has 8 nitrogen and oxygen atoms in total. The first-order valence-corrected chi connectivity index (χ1v) is 16.2. The largest absolute Gasteiger partial charge is 0.478 e. The highest BCUT2D eigenvalue weighted by Crippen LogP contribution is 2.39. The quantitative estimate of drug-likeness (QED) is 0.0948. The molecule has 0 fully saturated rings. The van der Waals surface area contributed by atoms with E-state index in [-0.39, 0.29) is 27.5 Å². The van der Waals surface area contributed by atoms with Crippen molar-refractivity contribution in [1.82, 2.24) is 0 Å². The van der Waals surface area contributed by atoms with Gasteiger partial charge in [0.2, 0.25) is 0 Å². The molecule has 6 N–H and O–H groups in total. The molecule has 4 rings (SSSR count). The van der Waals surface area contributed by atoms with E-state index in [9.17, 15) is 19.8 Å². The Morgan fingerprint density at radius 2 is 1.00 bits per heavy atom. The van der Waals surface area contributed by atoms with Crippen LogP contribution in [0.2, 0.25) is 0 Å². The van der Waals surface area contributed by atoms with Gasteiger partial charge in [-0.1, -0.05) is 52.8 Å². The molecule has 0 aliphatic carbocycles. The summed E-state index contributed by atoms with van der Waals surface area (Å²) in [5.74, 6) is -2.12. The second-order valence-corrected chi connectivity index (χ2v) is 15.5. The van der Waals surface area contributed by atoms with E-state index in [1.54, 1.807) is 30.3 Å². The highest BCUT2D eigenvalue weighted by molar-refractivity contribution is 5.97. The lowest BCUT2D eigenvalue weighted by Crippen LogP contribution is -2.49. The summed E-state index contributed by atoms with van der Waals surface area (Å²) < 4.78 is 0. The van der Waals surface area contributed by atoms with Gasteiger partial charge in [-0.05, 0) is 118 Å². The number of benzene rings is 4. The van der Waals surface area contributed by atoms with Gasteiger partial charge in [-0.3, -0.25) is 0 Å². The van der Waals surface area contributed by atoms with Crippen molar-refractivity contribution in [2.24, 2.45) is 0 Å². The van der Waals surface area contributed by atoms with Gasteiger partial charge >= 0.3 is 11.9 Å². The standard InChI is InChI=1S/C40H50N4O4/c1-37(2,3)33-21-19-29(23-31(33)35(45)46)42-34-22-20-30(24-32(34)36(47)48)44-40(9,10)39(7,8)25-11-13-26(14-12-25)41-27-15-17-28(18-16-27)43-38(4,5)6/h11-24,41-44H,1-10H3,(H,45,46)(H,47,48). The van der Waals surface area contributed by atoms with Gasteiger partial charge in [-0.25, -0.2) is 9.59 Å². The summed E-state index contributed by atoms with van der Waals surface area (Å²) in [6, 6.07) is 26.9. The van der Waals surface area contributed by atoms with Crippen LogP contribution in [0.15, 0.2) is 84.9 Å². The van der Waals surface area contributed by atoms with Crippen LogP contribution in [-0.2, 0) is 10.8 Å². The molecule has 0 spiro atoms. The Kier molecular flexibility index (Phi) is 9.91. The van der Waals surface area contributed by atoms with E-state index < -0.39 is 17.5 Å². The lowest BCUT2D eigenvalue weighted by atomic mass is 9.69. The van der Waals surface area contributed by atoms with Gasteiger partial charge in [0.15, 0.2) is 0 Å². The molecule has 0 aliphatic rings. The maximum Gasteiger partial charge on any atom is 0.337 e. The van der Waals surface area contributed by atoms with Gasteiger partial charge < -0.3 is 31.5 Å². The molecular weight excluding hydrogens is 600 g/mol. The predicted molar refractivity (Wildman–Crippen MR) is 199 cm³/mol. The molecule has 0 radical (unpaired) electrons. The first-order chi connectivity index (χ1) is 22.2. The molecule has 0 unspecified atom stereocenters. The third-order valence-electron chi connectivity index (χ3n) is 8.91. The SMILES string of the molecule is CC(C)(C)Nc1ccc(Nc2ccc(C(C)(C)C(C)(C)Nc3ccc(Nc4ccc(C(C)(C)C)c(C(=O)O)c4)c(C(=O)O)c3)cc2)cc1. The first-order valence-electron chi connectivity index (χ1n) is 16.2. The van der Waals surface area contributed by atoms with E-state index >= 15 is 0 Å². The molecule has 0 atom stereocenters. The van der Waals surface area contributed by atoms with Crippen molar-refractivity contribution in [2.75, 3.05) is 21.3 Å². The summed E-state index contributed by atoms with van der Waals surface area (Å²) in [4.78, 5) is 24.4. The molecule has 0 aliphatic heterocycles. The minimum atomic E-state index is -1.09. The second-order valence-electron chi connectivity index (χ2n) is 15.5. The molecule has 4 aromatic rings. The number of carbonyl (C=O) groups is 2. The van der Waals surface area contributed by atoms with Crippen LogP contribution in [0.1, 0.15) is 101 Å². The maximum atomic E-state index is 12.4. The van der Waals surface area contributed by atoms with Gasteiger partial charge in [-0.2, -0.15) is 0 Å². The fourth-order valence-electron chi connectivity index (χ4n) is 5.60. The minimum absolute atomic E-state index is 0.00564. The zero-order valence-corrected chi connectivity index (χ0v) is 29.8. The normalized spacial score (nSPS) is 12.3. The zero-order chi connectivity index (χ0) is 35.7. The van der Waals surface area contributed by atoms with Crippen molar-refractivity contribution in [1.29, 1.82) is 0 Å². The number of carboxylic acid groups (broad SMARTS) is 2. The van der Waals surface area contributed by atoms with E-state index in [1.807, 2.05) is 26.8 Å². The number of hydrogen-bond donors (Lipinski definition) is 6. The number of hydrogen-bond acceptors (Lipinski definition) is 6. The Hall–Kier alpha value is -4.98. The molecule has 4 aromatic carbocycles. The minimum Gasteiger partial charge on any atom is -0.478 e. The molecule has 0 amide bonds. The van der Waals surface area contributed by atoms with Crippen LogP contribution < -0.4 is 21.3 Å². The lowest BCUT2D eigenvalue weighted by molar-refractivity contribution is 0.0685. The number of aromatic carboxylic acids is 2. The molecule has 0 saturated carbocycles. The van der Waals surface area contributed by atoms with Gasteiger partial charge in [0, 0.05) is 44.9 Å². The summed E-state index contributed by atoms with van der Waals surface area (Å²) in [5, 5.41) is 33.6. The lowest BCUT2D eigenvalue weighted by Gasteiger charge is -2.43. The molecule has 0 heterocycles. The smallest absolute Gasteiger partial charge is 0.337 e. The van der Waals surface area contributed by atoms with Gasteiger partial charge in [0.05, 0.1) is 16.8 Å². The Morgan fingerprint density at radius 1 is 0.521 bits per heavy atom. The van der Waals surface area contributed by atoms with Crippen LogP contribution in [0.25, 0.3) is 0 Å². The summed E-state index contributed by atoms with van der Waals surface area (Å²) in [5.41, 5.74) is 5.45. The highest BCUT2D eigenvalue weighted by atomic mass is 16.4. The Labute approximate surface area is 285 Å². The van der Waals surface area contributed by atoms with E-state index in [0.717, 1.165) is 22.6 Å². The van der Waals surface area contributed by atoms with Crippen molar-refractivity contribution in [2.45, 2.75) is 91.1 Å². The first kappa shape index (κ1) is 35.9. The summed E-state index contributed by atoms with van der Waals surface area (Å²) >= 11 is 0. The fraction of sp³-hybridized carbons (Fsp3) is 0.350. The third-order valence-corrected chi connectivity index (χ3v) is 8.91. The van der Waals surface area contributed by atoms with E-state index in [2.05, 4.69) is 118 Å². The predicted octanol–water partition coefficient (Wildman–Crippen LogP) is 10.2. The molecule has 254 valence electrons. The second kappa shape index (κ2) is 13.3. The molecular formula is C40H50N4O4. The number of anilines is 6. The van der Waals surface area contributed by atoms with Crippen LogP contribution >= 0.6 is 0 Å². The van der Waals surface area contributed by atoms with Gasteiger partial charge in [0.1, 0.15) is 0 Å². The zero-order valence-electron chi connectivity index (χ0n) is 29.8. The number of rotatable bonds is 11. The molecule has 0 aromatic heterocycles. The Morgan fingerprint density at radius 3 is 1.52 bits per heavy atom. The van der Waals surface area contributed by atoms with Gasteiger partial charge in [0.25, 0.3) is 0 Å². The van der Waals surface area contributed by atoms with E-state index in [1.165, 1.54) is 0 Å². The average Bonchev–Trinajstić information content (AvgIpc) is 2.97. The van der Waals surface area contributed by atoms with Crippen LogP contribution in [0.4, 0.5) is 34.1 Å². The van der Waals surface area contributed by atoms with Crippen LogP contribution in [-0.4, -0.2) is 33.2 Å². The van der Waals surface area contributed by atoms with E-state index in [0.29, 0.717) is 22.6 Å². The number of nitrogens with one attached hydrogen (secondary N) is 4. The molecule has 0 bridgehead atoms. The molecule has 0 saturated heterocycles. The van der Waals surface area contributed by atoms with Crippen molar-refractivity contribution in [3.63, 3.8) is 0 Å². The highest BCUT2D eigenvalue weighted by Gasteiger charge is 2.38. The Bertz CT molecular complexity index is 1780. The summed E-state index contributed by atoms with van der Waals surface area (Å²) in [6.45, 7) is 20.8. The Balaban J connectivity index is 1.51. The summed E-state index contributed by atoms with van der Waals surface area (Å²) in [7, 11) is 0. The molecule has 8 heteroatoms. The van der Waals surface area contributed by atoms with Crippen molar-refractivity contribution in [3.05, 3.63) is 107 Å². The monoisotopic (exact) mass is 650 g/mol. The van der Waals surface area contributed by atoms with Crippen molar-refractivity contribution in [3.8, 4) is 0 Å².